The van der Waals surface area contributed by atoms with E-state index < -0.39 is 0 Å². The minimum Gasteiger partial charge on any atom is -0.501 e. The number of ether oxygens (including phenoxy) is 1. The van der Waals surface area contributed by atoms with Crippen molar-refractivity contribution in [3.8, 4) is 0 Å². The van der Waals surface area contributed by atoms with Crippen molar-refractivity contribution in [2.75, 3.05) is 6.61 Å². The monoisotopic (exact) mass is 292 g/mol. The van der Waals surface area contributed by atoms with Crippen molar-refractivity contribution in [2.45, 2.75) is 84.5 Å². The Balaban J connectivity index is 1.62. The minimum absolute atomic E-state index is 0.819. The summed E-state index contributed by atoms with van der Waals surface area (Å²) in [6, 6.07) is 0. The van der Waals surface area contributed by atoms with Crippen molar-refractivity contribution in [1.29, 1.82) is 0 Å². The molecule has 0 saturated heterocycles. The summed E-state index contributed by atoms with van der Waals surface area (Å²) >= 11 is 0. The number of allylic oxidation sites excluding steroid dienone is 1. The van der Waals surface area contributed by atoms with Crippen LogP contribution >= 0.6 is 0 Å². The van der Waals surface area contributed by atoms with Gasteiger partial charge in [0.1, 0.15) is 0 Å². The first-order valence-electron chi connectivity index (χ1n) is 9.60. The molecule has 0 radical (unpaired) electrons. The Morgan fingerprint density at radius 1 is 0.810 bits per heavy atom. The van der Waals surface area contributed by atoms with E-state index in [1.54, 1.807) is 0 Å². The zero-order valence-corrected chi connectivity index (χ0v) is 14.4. The summed E-state index contributed by atoms with van der Waals surface area (Å²) < 4.78 is 5.65. The Hall–Kier alpha value is -0.460. The third kappa shape index (κ3) is 5.68. The molecular weight excluding hydrogens is 256 g/mol. The van der Waals surface area contributed by atoms with Crippen LogP contribution in [0.15, 0.2) is 12.3 Å². The van der Waals surface area contributed by atoms with Gasteiger partial charge < -0.3 is 4.74 Å². The molecule has 0 aromatic rings. The van der Waals surface area contributed by atoms with Crippen LogP contribution in [0.2, 0.25) is 0 Å². The first-order chi connectivity index (χ1) is 10.3. The molecule has 0 N–H and O–H groups in total. The SMILES string of the molecule is CCC=COC[C@H]1CC[C@H]([C@H]2CC[C@H](CCC)CC2)CC1. The molecule has 0 unspecified atom stereocenters. The van der Waals surface area contributed by atoms with Crippen molar-refractivity contribution < 1.29 is 4.74 Å². The molecule has 2 aliphatic rings. The molecule has 122 valence electrons. The zero-order chi connectivity index (χ0) is 14.9. The maximum atomic E-state index is 5.65. The lowest BCUT2D eigenvalue weighted by Gasteiger charge is -2.37. The van der Waals surface area contributed by atoms with Crippen LogP contribution in [-0.2, 0) is 4.74 Å². The molecule has 0 atom stereocenters. The second-order valence-electron chi connectivity index (χ2n) is 7.46. The van der Waals surface area contributed by atoms with E-state index >= 15 is 0 Å². The molecule has 1 heteroatoms. The highest BCUT2D eigenvalue weighted by molar-refractivity contribution is 4.82. The summed E-state index contributed by atoms with van der Waals surface area (Å²) in [6.45, 7) is 5.44. The lowest BCUT2D eigenvalue weighted by atomic mass is 9.69. The second kappa shape index (κ2) is 9.54. The molecule has 0 amide bonds. The van der Waals surface area contributed by atoms with Crippen LogP contribution in [0.3, 0.4) is 0 Å². The molecule has 0 heterocycles. The molecule has 2 aliphatic carbocycles. The van der Waals surface area contributed by atoms with Crippen LogP contribution in [0.25, 0.3) is 0 Å². The molecule has 0 aliphatic heterocycles. The Morgan fingerprint density at radius 3 is 1.90 bits per heavy atom. The van der Waals surface area contributed by atoms with Gasteiger partial charge in [0.05, 0.1) is 12.9 Å². The average Bonchev–Trinajstić information content (AvgIpc) is 2.53. The van der Waals surface area contributed by atoms with Crippen LogP contribution in [0.5, 0.6) is 0 Å². The third-order valence-electron chi connectivity index (χ3n) is 5.91. The number of hydrogen-bond donors (Lipinski definition) is 0. The molecule has 2 rings (SSSR count). The van der Waals surface area contributed by atoms with Crippen molar-refractivity contribution in [1.82, 2.24) is 0 Å². The second-order valence-corrected chi connectivity index (χ2v) is 7.46. The van der Waals surface area contributed by atoms with Crippen LogP contribution in [0.1, 0.15) is 84.5 Å². The molecule has 0 aromatic carbocycles. The normalized spacial score (nSPS) is 34.2. The van der Waals surface area contributed by atoms with E-state index in [1.165, 1.54) is 64.2 Å². The fourth-order valence-electron chi connectivity index (χ4n) is 4.54. The summed E-state index contributed by atoms with van der Waals surface area (Å²) in [4.78, 5) is 0. The predicted molar refractivity (Wildman–Crippen MR) is 91.2 cm³/mol. The van der Waals surface area contributed by atoms with Gasteiger partial charge >= 0.3 is 0 Å². The highest BCUT2D eigenvalue weighted by Gasteiger charge is 2.30. The highest BCUT2D eigenvalue weighted by Crippen LogP contribution is 2.42. The van der Waals surface area contributed by atoms with Crippen LogP contribution in [0.4, 0.5) is 0 Å². The maximum absolute atomic E-state index is 5.65. The van der Waals surface area contributed by atoms with Crippen LogP contribution < -0.4 is 0 Å². The molecule has 2 saturated carbocycles. The standard InChI is InChI=1S/C20H36O/c1-3-5-15-21-16-18-9-13-20(14-10-18)19-11-7-17(6-4-2)8-12-19/h5,15,17-20H,3-4,6-14,16H2,1-2H3/t17-,18-,19-,20-. The van der Waals surface area contributed by atoms with Gasteiger partial charge in [-0.25, -0.2) is 0 Å². The summed E-state index contributed by atoms with van der Waals surface area (Å²) in [5, 5.41) is 0. The molecule has 0 spiro atoms. The smallest absolute Gasteiger partial charge is 0.0901 e. The Bertz CT molecular complexity index is 280. The van der Waals surface area contributed by atoms with Gasteiger partial charge in [0.15, 0.2) is 0 Å². The molecular formula is C20H36O. The lowest BCUT2D eigenvalue weighted by molar-refractivity contribution is 0.108. The van der Waals surface area contributed by atoms with Crippen LogP contribution in [-0.4, -0.2) is 6.61 Å². The van der Waals surface area contributed by atoms with E-state index in [4.69, 9.17) is 4.74 Å². The topological polar surface area (TPSA) is 9.23 Å². The van der Waals surface area contributed by atoms with E-state index in [2.05, 4.69) is 19.9 Å². The van der Waals surface area contributed by atoms with E-state index in [-0.39, 0.29) is 0 Å². The minimum atomic E-state index is 0.819. The van der Waals surface area contributed by atoms with Gasteiger partial charge in [-0.15, -0.1) is 0 Å². The molecule has 2 fully saturated rings. The summed E-state index contributed by atoms with van der Waals surface area (Å²) in [6.07, 6.45) is 19.8. The third-order valence-corrected chi connectivity index (χ3v) is 5.91. The Kier molecular flexibility index (Phi) is 7.68. The van der Waals surface area contributed by atoms with E-state index in [1.807, 2.05) is 6.26 Å². The molecule has 0 bridgehead atoms. The largest absolute Gasteiger partial charge is 0.501 e. The molecule has 21 heavy (non-hydrogen) atoms. The van der Waals surface area contributed by atoms with Gasteiger partial charge in [-0.3, -0.25) is 0 Å². The van der Waals surface area contributed by atoms with Crippen molar-refractivity contribution in [3.05, 3.63) is 12.3 Å². The van der Waals surface area contributed by atoms with Gasteiger partial charge in [-0.1, -0.05) is 45.6 Å². The number of rotatable bonds is 7. The van der Waals surface area contributed by atoms with Crippen molar-refractivity contribution in [2.24, 2.45) is 23.7 Å². The van der Waals surface area contributed by atoms with E-state index in [9.17, 15) is 0 Å². The van der Waals surface area contributed by atoms with Gasteiger partial charge in [-0.05, 0) is 68.6 Å². The highest BCUT2D eigenvalue weighted by atomic mass is 16.5. The predicted octanol–water partition coefficient (Wildman–Crippen LogP) is 6.34. The van der Waals surface area contributed by atoms with E-state index in [0.717, 1.165) is 36.7 Å². The average molecular weight is 293 g/mol. The Morgan fingerprint density at radius 2 is 1.38 bits per heavy atom. The van der Waals surface area contributed by atoms with Gasteiger partial charge in [-0.2, -0.15) is 0 Å². The first kappa shape index (κ1) is 16.9. The van der Waals surface area contributed by atoms with E-state index in [0.29, 0.717) is 0 Å². The van der Waals surface area contributed by atoms with Gasteiger partial charge in [0.25, 0.3) is 0 Å². The van der Waals surface area contributed by atoms with Crippen LogP contribution in [0, 0.1) is 23.7 Å². The summed E-state index contributed by atoms with van der Waals surface area (Å²) in [5.41, 5.74) is 0. The first-order valence-corrected chi connectivity index (χ1v) is 9.60. The lowest BCUT2D eigenvalue weighted by Crippen LogP contribution is -2.26. The van der Waals surface area contributed by atoms with Gasteiger partial charge in [0, 0.05) is 0 Å². The zero-order valence-electron chi connectivity index (χ0n) is 14.4. The van der Waals surface area contributed by atoms with Crippen molar-refractivity contribution >= 4 is 0 Å². The summed E-state index contributed by atoms with van der Waals surface area (Å²) in [5.74, 6) is 3.97. The van der Waals surface area contributed by atoms with Crippen molar-refractivity contribution in [3.63, 3.8) is 0 Å². The molecule has 1 nitrogen and oxygen atoms in total. The number of hydrogen-bond acceptors (Lipinski definition) is 1. The maximum Gasteiger partial charge on any atom is 0.0901 e. The van der Waals surface area contributed by atoms with Gasteiger partial charge in [0.2, 0.25) is 0 Å². The molecule has 0 aromatic heterocycles. The summed E-state index contributed by atoms with van der Waals surface area (Å²) in [7, 11) is 0. The fourth-order valence-corrected chi connectivity index (χ4v) is 4.54. The fraction of sp³-hybridized carbons (Fsp3) is 0.900. The quantitative estimate of drug-likeness (QED) is 0.497. The Labute approximate surface area is 132 Å².